The van der Waals surface area contributed by atoms with Crippen molar-refractivity contribution in [3.8, 4) is 12.3 Å². The third-order valence-electron chi connectivity index (χ3n) is 1.77. The highest BCUT2D eigenvalue weighted by Crippen LogP contribution is 2.16. The van der Waals surface area contributed by atoms with E-state index >= 15 is 0 Å². The highest BCUT2D eigenvalue weighted by atomic mass is 16.3. The summed E-state index contributed by atoms with van der Waals surface area (Å²) in [5.74, 6) is 2.38. The van der Waals surface area contributed by atoms with E-state index in [2.05, 4.69) is 12.0 Å². The van der Waals surface area contributed by atoms with Crippen LogP contribution in [0.15, 0.2) is 24.3 Å². The molecule has 1 aliphatic carbocycles. The second-order valence-corrected chi connectivity index (χ2v) is 2.72. The summed E-state index contributed by atoms with van der Waals surface area (Å²) in [4.78, 5) is 0. The van der Waals surface area contributed by atoms with Crippen molar-refractivity contribution in [1.82, 2.24) is 0 Å². The Labute approximate surface area is 67.4 Å². The molecule has 0 fully saturated rings. The Kier molecular flexibility index (Phi) is 2.51. The maximum atomic E-state index is 9.63. The first-order valence-corrected chi connectivity index (χ1v) is 3.80. The standard InChI is InChI=1S/C10H12O/c1-2-10(11)8-6-4-3-5-7-9-10/h1,3-4,7,9,11H,5-6,8H2. The van der Waals surface area contributed by atoms with Crippen molar-refractivity contribution in [2.45, 2.75) is 24.9 Å². The van der Waals surface area contributed by atoms with Crippen LogP contribution in [0.4, 0.5) is 0 Å². The second-order valence-electron chi connectivity index (χ2n) is 2.72. The third-order valence-corrected chi connectivity index (χ3v) is 1.77. The molecule has 0 aromatic heterocycles. The van der Waals surface area contributed by atoms with Crippen molar-refractivity contribution in [2.24, 2.45) is 0 Å². The first-order valence-electron chi connectivity index (χ1n) is 3.80. The SMILES string of the molecule is C#CC1(O)C=CCC=CCC1. The fourth-order valence-corrected chi connectivity index (χ4v) is 1.06. The number of hydrogen-bond donors (Lipinski definition) is 1. The van der Waals surface area contributed by atoms with Crippen LogP contribution in [0.5, 0.6) is 0 Å². The van der Waals surface area contributed by atoms with Gasteiger partial charge in [-0.1, -0.05) is 24.1 Å². The Balaban J connectivity index is 2.70. The maximum Gasteiger partial charge on any atom is 0.144 e. The van der Waals surface area contributed by atoms with Crippen molar-refractivity contribution >= 4 is 0 Å². The van der Waals surface area contributed by atoms with Gasteiger partial charge in [0.25, 0.3) is 0 Å². The summed E-state index contributed by atoms with van der Waals surface area (Å²) in [5.41, 5.74) is -1.01. The Bertz CT molecular complexity index is 220. The van der Waals surface area contributed by atoms with Crippen LogP contribution in [0, 0.1) is 12.3 Å². The van der Waals surface area contributed by atoms with E-state index in [9.17, 15) is 5.11 Å². The van der Waals surface area contributed by atoms with E-state index in [-0.39, 0.29) is 0 Å². The minimum absolute atomic E-state index is 0.622. The summed E-state index contributed by atoms with van der Waals surface area (Å²) in [7, 11) is 0. The average molecular weight is 148 g/mol. The molecule has 0 aromatic rings. The Morgan fingerprint density at radius 3 is 2.91 bits per heavy atom. The largest absolute Gasteiger partial charge is 0.374 e. The fourth-order valence-electron chi connectivity index (χ4n) is 1.06. The van der Waals surface area contributed by atoms with Gasteiger partial charge < -0.3 is 5.11 Å². The molecule has 1 aliphatic rings. The molecule has 0 saturated heterocycles. The molecule has 1 nitrogen and oxygen atoms in total. The van der Waals surface area contributed by atoms with Gasteiger partial charge in [-0.2, -0.15) is 0 Å². The van der Waals surface area contributed by atoms with Crippen LogP contribution in [0.25, 0.3) is 0 Å². The summed E-state index contributed by atoms with van der Waals surface area (Å²) < 4.78 is 0. The van der Waals surface area contributed by atoms with Crippen molar-refractivity contribution in [2.75, 3.05) is 0 Å². The molecular formula is C10H12O. The van der Waals surface area contributed by atoms with Crippen LogP contribution < -0.4 is 0 Å². The Morgan fingerprint density at radius 1 is 1.36 bits per heavy atom. The van der Waals surface area contributed by atoms with Crippen molar-refractivity contribution < 1.29 is 5.11 Å². The molecule has 0 heterocycles. The van der Waals surface area contributed by atoms with E-state index in [4.69, 9.17) is 6.42 Å². The minimum atomic E-state index is -1.01. The van der Waals surface area contributed by atoms with Gasteiger partial charge >= 0.3 is 0 Å². The van der Waals surface area contributed by atoms with E-state index < -0.39 is 5.60 Å². The molecule has 1 N–H and O–H groups in total. The zero-order valence-corrected chi connectivity index (χ0v) is 6.46. The molecule has 0 amide bonds. The van der Waals surface area contributed by atoms with Gasteiger partial charge in [0.15, 0.2) is 0 Å². The zero-order valence-electron chi connectivity index (χ0n) is 6.46. The van der Waals surface area contributed by atoms with Crippen LogP contribution in [0.2, 0.25) is 0 Å². The van der Waals surface area contributed by atoms with Gasteiger partial charge in [0.1, 0.15) is 5.60 Å². The van der Waals surface area contributed by atoms with Gasteiger partial charge in [-0.15, -0.1) is 6.42 Å². The molecule has 0 aliphatic heterocycles. The highest BCUT2D eigenvalue weighted by Gasteiger charge is 2.18. The predicted octanol–water partition coefficient (Wildman–Crippen LogP) is 1.65. The van der Waals surface area contributed by atoms with E-state index in [1.807, 2.05) is 12.2 Å². The zero-order chi connectivity index (χ0) is 8.16. The van der Waals surface area contributed by atoms with E-state index in [1.54, 1.807) is 6.08 Å². The van der Waals surface area contributed by atoms with E-state index in [0.29, 0.717) is 6.42 Å². The summed E-state index contributed by atoms with van der Waals surface area (Å²) in [6, 6.07) is 0. The Morgan fingerprint density at radius 2 is 2.18 bits per heavy atom. The van der Waals surface area contributed by atoms with Gasteiger partial charge in [-0.3, -0.25) is 0 Å². The Hall–Kier alpha value is -1.00. The van der Waals surface area contributed by atoms with Crippen molar-refractivity contribution in [3.05, 3.63) is 24.3 Å². The molecule has 1 atom stereocenters. The van der Waals surface area contributed by atoms with Crippen LogP contribution in [0.3, 0.4) is 0 Å². The third kappa shape index (κ3) is 2.25. The molecule has 1 heteroatoms. The van der Waals surface area contributed by atoms with Gasteiger partial charge in [-0.25, -0.2) is 0 Å². The fraction of sp³-hybridized carbons (Fsp3) is 0.400. The monoisotopic (exact) mass is 148 g/mol. The number of terminal acetylenes is 1. The molecule has 0 saturated carbocycles. The quantitative estimate of drug-likeness (QED) is 0.409. The summed E-state index contributed by atoms with van der Waals surface area (Å²) in [6.07, 6.45) is 15.2. The summed E-state index contributed by atoms with van der Waals surface area (Å²) >= 11 is 0. The summed E-state index contributed by atoms with van der Waals surface area (Å²) in [6.45, 7) is 0. The average Bonchev–Trinajstić information content (AvgIpc) is 1.98. The van der Waals surface area contributed by atoms with Crippen LogP contribution in [-0.4, -0.2) is 10.7 Å². The van der Waals surface area contributed by atoms with Gasteiger partial charge in [-0.05, 0) is 25.3 Å². The van der Waals surface area contributed by atoms with Gasteiger partial charge in [0.2, 0.25) is 0 Å². The smallest absolute Gasteiger partial charge is 0.144 e. The lowest BCUT2D eigenvalue weighted by Crippen LogP contribution is -2.22. The van der Waals surface area contributed by atoms with Crippen LogP contribution in [0.1, 0.15) is 19.3 Å². The molecular weight excluding hydrogens is 136 g/mol. The molecule has 0 spiro atoms. The number of aliphatic hydroxyl groups is 1. The van der Waals surface area contributed by atoms with Crippen molar-refractivity contribution in [1.29, 1.82) is 0 Å². The van der Waals surface area contributed by atoms with Crippen LogP contribution in [-0.2, 0) is 0 Å². The predicted molar refractivity (Wildman–Crippen MR) is 45.9 cm³/mol. The van der Waals surface area contributed by atoms with Crippen LogP contribution >= 0.6 is 0 Å². The second kappa shape index (κ2) is 3.41. The number of rotatable bonds is 0. The molecule has 1 rings (SSSR count). The molecule has 0 radical (unpaired) electrons. The van der Waals surface area contributed by atoms with E-state index in [1.165, 1.54) is 0 Å². The molecule has 0 aromatic carbocycles. The topological polar surface area (TPSA) is 20.2 Å². The molecule has 0 bridgehead atoms. The first kappa shape index (κ1) is 8.10. The normalized spacial score (nSPS) is 30.5. The lowest BCUT2D eigenvalue weighted by molar-refractivity contribution is 0.143. The van der Waals surface area contributed by atoms with Crippen molar-refractivity contribution in [3.63, 3.8) is 0 Å². The molecule has 58 valence electrons. The molecule has 11 heavy (non-hydrogen) atoms. The lowest BCUT2D eigenvalue weighted by Gasteiger charge is -2.17. The maximum absolute atomic E-state index is 9.63. The number of allylic oxidation sites excluding steroid dienone is 3. The lowest BCUT2D eigenvalue weighted by atomic mass is 9.96. The first-order chi connectivity index (χ1) is 5.27. The van der Waals surface area contributed by atoms with Gasteiger partial charge in [0.05, 0.1) is 0 Å². The highest BCUT2D eigenvalue weighted by molar-refractivity contribution is 5.20. The molecule has 1 unspecified atom stereocenters. The van der Waals surface area contributed by atoms with Gasteiger partial charge in [0, 0.05) is 0 Å². The van der Waals surface area contributed by atoms with E-state index in [0.717, 1.165) is 12.8 Å². The number of hydrogen-bond acceptors (Lipinski definition) is 1. The summed E-state index contributed by atoms with van der Waals surface area (Å²) in [5, 5.41) is 9.63. The minimum Gasteiger partial charge on any atom is -0.374 e.